The van der Waals surface area contributed by atoms with Crippen LogP contribution in [0.4, 0.5) is 9.18 Å². The second-order valence-electron chi connectivity index (χ2n) is 10.2. The number of fused-ring (bicyclic) bond motifs is 2. The van der Waals surface area contributed by atoms with Gasteiger partial charge in [0.15, 0.2) is 0 Å². The minimum absolute atomic E-state index is 0.000302. The van der Waals surface area contributed by atoms with Crippen LogP contribution in [0.5, 0.6) is 0 Å². The Morgan fingerprint density at radius 3 is 2.54 bits per heavy atom. The summed E-state index contributed by atoms with van der Waals surface area (Å²) in [5.41, 5.74) is 1.78. The van der Waals surface area contributed by atoms with Crippen molar-refractivity contribution in [2.45, 2.75) is 51.5 Å². The van der Waals surface area contributed by atoms with Crippen molar-refractivity contribution in [3.8, 4) is 0 Å². The summed E-state index contributed by atoms with van der Waals surface area (Å²) in [4.78, 5) is 44.1. The zero-order valence-corrected chi connectivity index (χ0v) is 22.3. The van der Waals surface area contributed by atoms with E-state index >= 15 is 0 Å². The summed E-state index contributed by atoms with van der Waals surface area (Å²) >= 11 is 0. The summed E-state index contributed by atoms with van der Waals surface area (Å²) in [5.74, 6) is -0.590. The molecule has 0 saturated carbocycles. The lowest BCUT2D eigenvalue weighted by Gasteiger charge is -2.54. The van der Waals surface area contributed by atoms with E-state index in [9.17, 15) is 18.8 Å². The molecule has 0 spiro atoms. The van der Waals surface area contributed by atoms with Crippen LogP contribution >= 0.6 is 0 Å². The number of halogens is 1. The van der Waals surface area contributed by atoms with E-state index in [1.54, 1.807) is 39.0 Å². The first-order chi connectivity index (χ1) is 18.9. The van der Waals surface area contributed by atoms with Gasteiger partial charge in [0.05, 0.1) is 13.1 Å². The number of rotatable bonds is 7. The molecule has 0 aromatic heterocycles. The molecule has 2 aliphatic heterocycles. The molecular formula is C30H34FN5O3. The number of amides is 4. The average molecular weight is 532 g/mol. The zero-order chi connectivity index (χ0) is 27.5. The largest absolute Gasteiger partial charge is 0.334 e. The highest BCUT2D eigenvalue weighted by molar-refractivity contribution is 5.92. The first kappa shape index (κ1) is 26.6. The summed E-state index contributed by atoms with van der Waals surface area (Å²) < 4.78 is 13.3. The Labute approximate surface area is 227 Å². The third-order valence-electron chi connectivity index (χ3n) is 7.58. The van der Waals surface area contributed by atoms with Crippen LogP contribution in [0, 0.1) is 5.82 Å². The lowest BCUT2D eigenvalue weighted by Crippen LogP contribution is -2.75. The van der Waals surface area contributed by atoms with E-state index in [0.717, 1.165) is 34.7 Å². The molecule has 2 atom stereocenters. The Bertz CT molecular complexity index is 1360. The van der Waals surface area contributed by atoms with Gasteiger partial charge in [-0.3, -0.25) is 9.59 Å². The van der Waals surface area contributed by atoms with E-state index < -0.39 is 12.2 Å². The fraction of sp³-hybridized carbons (Fsp3) is 0.367. The maximum Gasteiger partial charge on any atom is 0.334 e. The van der Waals surface area contributed by atoms with Gasteiger partial charge in [-0.25, -0.2) is 19.2 Å². The van der Waals surface area contributed by atoms with E-state index in [1.165, 1.54) is 12.1 Å². The minimum atomic E-state index is -0.640. The number of carbonyl (C=O) groups is 3. The molecule has 2 saturated heterocycles. The Balaban J connectivity index is 1.43. The molecule has 2 fully saturated rings. The van der Waals surface area contributed by atoms with Crippen molar-refractivity contribution in [2.75, 3.05) is 20.1 Å². The van der Waals surface area contributed by atoms with Crippen LogP contribution in [0.1, 0.15) is 37.3 Å². The van der Waals surface area contributed by atoms with Crippen LogP contribution in [0.3, 0.4) is 0 Å². The first-order valence-electron chi connectivity index (χ1n) is 13.5. The fourth-order valence-corrected chi connectivity index (χ4v) is 5.62. The smallest absolute Gasteiger partial charge is 0.333 e. The van der Waals surface area contributed by atoms with Crippen molar-refractivity contribution in [3.05, 3.63) is 83.7 Å². The van der Waals surface area contributed by atoms with Gasteiger partial charge in [-0.15, -0.1) is 0 Å². The Morgan fingerprint density at radius 1 is 1.03 bits per heavy atom. The van der Waals surface area contributed by atoms with Crippen LogP contribution < -0.4 is 5.32 Å². The second kappa shape index (κ2) is 11.4. The number of nitrogens with zero attached hydrogens (tertiary/aromatic N) is 4. The van der Waals surface area contributed by atoms with Crippen LogP contribution in [0.2, 0.25) is 0 Å². The number of benzene rings is 3. The zero-order valence-electron chi connectivity index (χ0n) is 22.3. The highest BCUT2D eigenvalue weighted by atomic mass is 19.1. The lowest BCUT2D eigenvalue weighted by molar-refractivity contribution is -0.188. The second-order valence-corrected chi connectivity index (χ2v) is 10.2. The van der Waals surface area contributed by atoms with E-state index in [1.807, 2.05) is 42.5 Å². The Hall–Kier alpha value is -3.98. The molecular weight excluding hydrogens is 497 g/mol. The van der Waals surface area contributed by atoms with Crippen molar-refractivity contribution < 1.29 is 18.8 Å². The molecule has 0 unspecified atom stereocenters. The quantitative estimate of drug-likeness (QED) is 0.498. The first-order valence-corrected chi connectivity index (χ1v) is 13.5. The van der Waals surface area contributed by atoms with Crippen LogP contribution in [0.15, 0.2) is 66.7 Å². The Morgan fingerprint density at radius 2 is 1.77 bits per heavy atom. The third kappa shape index (κ3) is 5.45. The molecule has 0 bridgehead atoms. The number of hydrogen-bond donors (Lipinski definition) is 1. The molecule has 8 nitrogen and oxygen atoms in total. The van der Waals surface area contributed by atoms with Gasteiger partial charge in [0.25, 0.3) is 0 Å². The maximum atomic E-state index is 13.8. The summed E-state index contributed by atoms with van der Waals surface area (Å²) in [6.07, 6.45) is 1.58. The predicted octanol–water partition coefficient (Wildman–Crippen LogP) is 4.11. The molecule has 204 valence electrons. The van der Waals surface area contributed by atoms with Gasteiger partial charge in [0, 0.05) is 20.1 Å². The summed E-state index contributed by atoms with van der Waals surface area (Å²) in [7, 11) is 1.71. The predicted molar refractivity (Wildman–Crippen MR) is 146 cm³/mol. The van der Waals surface area contributed by atoms with Gasteiger partial charge >= 0.3 is 6.03 Å². The van der Waals surface area contributed by atoms with Gasteiger partial charge in [-0.1, -0.05) is 74.4 Å². The number of likely N-dealkylation sites (N-methyl/N-ethyl adjacent to an activating group) is 1. The van der Waals surface area contributed by atoms with Gasteiger partial charge in [-0.2, -0.15) is 0 Å². The molecule has 3 aromatic carbocycles. The molecule has 0 aliphatic carbocycles. The molecule has 2 aliphatic rings. The van der Waals surface area contributed by atoms with Gasteiger partial charge in [0.2, 0.25) is 11.8 Å². The Kier molecular flexibility index (Phi) is 7.79. The molecule has 2 heterocycles. The normalized spacial score (nSPS) is 19.9. The summed E-state index contributed by atoms with van der Waals surface area (Å²) in [5, 5.41) is 8.24. The topological polar surface area (TPSA) is 76.2 Å². The van der Waals surface area contributed by atoms with Gasteiger partial charge in [0.1, 0.15) is 18.0 Å². The van der Waals surface area contributed by atoms with Crippen molar-refractivity contribution in [3.63, 3.8) is 0 Å². The number of unbranched alkanes of at least 4 members (excludes halogenated alkanes) is 1. The number of hydrazine groups is 1. The van der Waals surface area contributed by atoms with E-state index in [4.69, 9.17) is 0 Å². The summed E-state index contributed by atoms with van der Waals surface area (Å²) in [6.45, 7) is 2.85. The third-order valence-corrected chi connectivity index (χ3v) is 7.58. The number of piperazine rings is 1. The van der Waals surface area contributed by atoms with Gasteiger partial charge in [-0.05, 0) is 40.5 Å². The van der Waals surface area contributed by atoms with Crippen LogP contribution in [-0.2, 0) is 22.7 Å². The molecule has 5 rings (SSSR count). The van der Waals surface area contributed by atoms with E-state index in [-0.39, 0.29) is 43.3 Å². The number of urea groups is 1. The van der Waals surface area contributed by atoms with E-state index in [2.05, 4.69) is 12.2 Å². The monoisotopic (exact) mass is 531 g/mol. The van der Waals surface area contributed by atoms with Crippen LogP contribution in [0.25, 0.3) is 10.8 Å². The number of carbonyl (C=O) groups excluding carboxylic acids is 3. The molecule has 1 N–H and O–H groups in total. The molecule has 9 heteroatoms. The van der Waals surface area contributed by atoms with Crippen molar-refractivity contribution in [2.24, 2.45) is 0 Å². The standard InChI is InChI=1S/C30H34FN5O3/c1-3-4-12-26-29(38)34(18-23-10-7-9-22-8-5-6-11-25(22)23)19-27-35(26)28(37)20-33(2)36(27)30(39)32-17-21-13-15-24(31)16-14-21/h5-11,13-16,26-27H,3-4,12,17-20H2,1-2H3,(H,32,39)/t26-,27-/m0/s1. The number of hydrogen-bond acceptors (Lipinski definition) is 4. The lowest BCUT2D eigenvalue weighted by atomic mass is 9.99. The van der Waals surface area contributed by atoms with Crippen molar-refractivity contribution in [1.29, 1.82) is 0 Å². The number of nitrogens with one attached hydrogen (secondary N) is 1. The summed E-state index contributed by atoms with van der Waals surface area (Å²) in [6, 6.07) is 19.1. The highest BCUT2D eigenvalue weighted by Gasteiger charge is 2.50. The fourth-order valence-electron chi connectivity index (χ4n) is 5.62. The van der Waals surface area contributed by atoms with Gasteiger partial charge < -0.3 is 15.1 Å². The molecule has 4 amide bonds. The SMILES string of the molecule is CCCC[C@H]1C(=O)N(Cc2cccc3ccccc23)C[C@H]2N1C(=O)CN(C)N2C(=O)NCc1ccc(F)cc1. The maximum absolute atomic E-state index is 13.8. The van der Waals surface area contributed by atoms with Crippen LogP contribution in [-0.4, -0.2) is 70.0 Å². The average Bonchev–Trinajstić information content (AvgIpc) is 2.93. The minimum Gasteiger partial charge on any atom is -0.333 e. The van der Waals surface area contributed by atoms with E-state index in [0.29, 0.717) is 13.0 Å². The molecule has 3 aromatic rings. The molecule has 39 heavy (non-hydrogen) atoms. The van der Waals surface area contributed by atoms with Crippen molar-refractivity contribution in [1.82, 2.24) is 25.1 Å². The van der Waals surface area contributed by atoms with Crippen molar-refractivity contribution >= 4 is 28.6 Å². The highest BCUT2D eigenvalue weighted by Crippen LogP contribution is 2.30. The molecule has 0 radical (unpaired) electrons.